The van der Waals surface area contributed by atoms with Crippen LogP contribution in [-0.2, 0) is 0 Å². The lowest BCUT2D eigenvalue weighted by Gasteiger charge is -2.17. The van der Waals surface area contributed by atoms with E-state index in [0.29, 0.717) is 38.4 Å². The third-order valence-electron chi connectivity index (χ3n) is 4.37. The van der Waals surface area contributed by atoms with Gasteiger partial charge in [0.05, 0.1) is 12.1 Å². The first-order valence-corrected chi connectivity index (χ1v) is 10.0. The highest BCUT2D eigenvalue weighted by Gasteiger charge is 2.18. The Bertz CT molecular complexity index is 1030. The molecule has 0 radical (unpaired) electrons. The number of hydrogen-bond acceptors (Lipinski definition) is 5. The van der Waals surface area contributed by atoms with Crippen LogP contribution in [0.1, 0.15) is 15.9 Å². The second-order valence-corrected chi connectivity index (χ2v) is 7.34. The van der Waals surface area contributed by atoms with Crippen molar-refractivity contribution in [1.29, 1.82) is 0 Å². The van der Waals surface area contributed by atoms with E-state index < -0.39 is 6.10 Å². The normalized spacial score (nSPS) is 11.6. The van der Waals surface area contributed by atoms with Crippen molar-refractivity contribution in [3.8, 4) is 11.5 Å². The molecular weight excluding hydrogens is 425 g/mol. The lowest BCUT2D eigenvalue weighted by molar-refractivity contribution is 0.103. The van der Waals surface area contributed by atoms with Crippen LogP contribution >= 0.6 is 23.2 Å². The van der Waals surface area contributed by atoms with Crippen molar-refractivity contribution in [2.45, 2.75) is 6.10 Å². The third-order valence-corrected chi connectivity index (χ3v) is 4.94. The SMILES string of the molecule is COc1ccccc1OCC(O)CNc1ccc(Cl)cc1C(=O)c1ccccc1Cl. The summed E-state index contributed by atoms with van der Waals surface area (Å²) in [5.41, 5.74) is 1.29. The van der Waals surface area contributed by atoms with Crippen LogP contribution in [0.5, 0.6) is 11.5 Å². The Balaban J connectivity index is 1.68. The number of nitrogens with one attached hydrogen (secondary N) is 1. The van der Waals surface area contributed by atoms with E-state index in [1.165, 1.54) is 0 Å². The fourth-order valence-corrected chi connectivity index (χ4v) is 3.25. The molecule has 0 amide bonds. The Morgan fingerprint density at radius 2 is 1.70 bits per heavy atom. The highest BCUT2D eigenvalue weighted by atomic mass is 35.5. The lowest BCUT2D eigenvalue weighted by Crippen LogP contribution is -2.27. The van der Waals surface area contributed by atoms with Gasteiger partial charge in [-0.1, -0.05) is 47.5 Å². The molecule has 156 valence electrons. The predicted molar refractivity (Wildman–Crippen MR) is 119 cm³/mol. The van der Waals surface area contributed by atoms with Gasteiger partial charge in [0.1, 0.15) is 12.7 Å². The Morgan fingerprint density at radius 3 is 2.43 bits per heavy atom. The molecule has 30 heavy (non-hydrogen) atoms. The number of rotatable bonds is 9. The topological polar surface area (TPSA) is 67.8 Å². The van der Waals surface area contributed by atoms with Gasteiger partial charge in [0.2, 0.25) is 0 Å². The van der Waals surface area contributed by atoms with Gasteiger partial charge in [-0.3, -0.25) is 4.79 Å². The Hall–Kier alpha value is -2.73. The molecule has 3 aromatic rings. The minimum Gasteiger partial charge on any atom is -0.493 e. The van der Waals surface area contributed by atoms with Crippen LogP contribution in [-0.4, -0.2) is 37.3 Å². The summed E-state index contributed by atoms with van der Waals surface area (Å²) < 4.78 is 10.9. The van der Waals surface area contributed by atoms with Crippen molar-refractivity contribution in [3.05, 3.63) is 87.9 Å². The van der Waals surface area contributed by atoms with E-state index in [0.717, 1.165) is 0 Å². The summed E-state index contributed by atoms with van der Waals surface area (Å²) in [6.07, 6.45) is -0.825. The first-order valence-electron chi connectivity index (χ1n) is 9.26. The molecule has 7 heteroatoms. The molecule has 0 aliphatic carbocycles. The molecule has 3 rings (SSSR count). The Labute approximate surface area is 185 Å². The van der Waals surface area contributed by atoms with Gasteiger partial charge < -0.3 is 19.9 Å². The van der Waals surface area contributed by atoms with E-state index in [1.807, 2.05) is 12.1 Å². The molecule has 0 saturated carbocycles. The molecule has 0 spiro atoms. The van der Waals surface area contributed by atoms with Gasteiger partial charge in [-0.2, -0.15) is 0 Å². The fraction of sp³-hybridized carbons (Fsp3) is 0.174. The Morgan fingerprint density at radius 1 is 1.00 bits per heavy atom. The zero-order valence-corrected chi connectivity index (χ0v) is 17.8. The van der Waals surface area contributed by atoms with Crippen LogP contribution < -0.4 is 14.8 Å². The summed E-state index contributed by atoms with van der Waals surface area (Å²) in [5.74, 6) is 0.869. The van der Waals surface area contributed by atoms with Gasteiger partial charge in [-0.25, -0.2) is 0 Å². The van der Waals surface area contributed by atoms with Gasteiger partial charge >= 0.3 is 0 Å². The number of para-hydroxylation sites is 2. The van der Waals surface area contributed by atoms with Crippen LogP contribution in [0.25, 0.3) is 0 Å². The summed E-state index contributed by atoms with van der Waals surface area (Å²) in [6, 6.07) is 19.0. The number of aliphatic hydroxyl groups excluding tert-OH is 1. The van der Waals surface area contributed by atoms with Crippen molar-refractivity contribution in [3.63, 3.8) is 0 Å². The van der Waals surface area contributed by atoms with Crippen molar-refractivity contribution in [2.75, 3.05) is 25.6 Å². The first kappa shape index (κ1) is 22.0. The van der Waals surface area contributed by atoms with E-state index in [2.05, 4.69) is 5.32 Å². The molecule has 0 fully saturated rings. The summed E-state index contributed by atoms with van der Waals surface area (Å²) >= 11 is 12.3. The number of methoxy groups -OCH3 is 1. The second kappa shape index (κ2) is 10.3. The zero-order chi connectivity index (χ0) is 21.5. The highest BCUT2D eigenvalue weighted by Crippen LogP contribution is 2.27. The fourth-order valence-electron chi connectivity index (χ4n) is 2.86. The van der Waals surface area contributed by atoms with Crippen LogP contribution in [0, 0.1) is 0 Å². The molecule has 0 aromatic heterocycles. The summed E-state index contributed by atoms with van der Waals surface area (Å²) in [4.78, 5) is 13.0. The summed E-state index contributed by atoms with van der Waals surface area (Å²) in [6.45, 7) is 0.217. The molecule has 0 saturated heterocycles. The number of benzene rings is 3. The number of anilines is 1. The maximum Gasteiger partial charge on any atom is 0.196 e. The average molecular weight is 446 g/mol. The van der Waals surface area contributed by atoms with Gasteiger partial charge in [0.25, 0.3) is 0 Å². The average Bonchev–Trinajstić information content (AvgIpc) is 2.76. The number of aliphatic hydroxyl groups is 1. The number of ether oxygens (including phenoxy) is 2. The quantitative estimate of drug-likeness (QED) is 0.449. The van der Waals surface area contributed by atoms with Gasteiger partial charge in [0, 0.05) is 28.4 Å². The standard InChI is InChI=1S/C23H21Cl2NO4/c1-29-21-8-4-5-9-22(21)30-14-16(27)13-26-20-11-10-15(24)12-18(20)23(28)17-6-2-3-7-19(17)25/h2-12,16,26-27H,13-14H2,1H3. The number of halogens is 2. The number of ketones is 1. The molecule has 1 unspecified atom stereocenters. The van der Waals surface area contributed by atoms with Crippen LogP contribution in [0.4, 0.5) is 5.69 Å². The van der Waals surface area contributed by atoms with Crippen molar-refractivity contribution in [1.82, 2.24) is 0 Å². The van der Waals surface area contributed by atoms with E-state index in [9.17, 15) is 9.90 Å². The van der Waals surface area contributed by atoms with Gasteiger partial charge in [-0.15, -0.1) is 0 Å². The smallest absolute Gasteiger partial charge is 0.196 e. The van der Waals surface area contributed by atoms with Crippen LogP contribution in [0.3, 0.4) is 0 Å². The summed E-state index contributed by atoms with van der Waals surface area (Å²) in [5, 5.41) is 14.2. The van der Waals surface area contributed by atoms with E-state index in [-0.39, 0.29) is 18.9 Å². The highest BCUT2D eigenvalue weighted by molar-refractivity contribution is 6.35. The van der Waals surface area contributed by atoms with Crippen LogP contribution in [0.2, 0.25) is 10.0 Å². The maximum absolute atomic E-state index is 13.0. The molecule has 1 atom stereocenters. The summed E-state index contributed by atoms with van der Waals surface area (Å²) in [7, 11) is 1.55. The minimum absolute atomic E-state index is 0.0504. The lowest BCUT2D eigenvalue weighted by atomic mass is 10.0. The molecule has 5 nitrogen and oxygen atoms in total. The monoisotopic (exact) mass is 445 g/mol. The maximum atomic E-state index is 13.0. The molecule has 0 bridgehead atoms. The number of carbonyl (C=O) groups is 1. The minimum atomic E-state index is -0.825. The van der Waals surface area contributed by atoms with E-state index >= 15 is 0 Å². The van der Waals surface area contributed by atoms with Gasteiger partial charge in [-0.05, 0) is 42.5 Å². The van der Waals surface area contributed by atoms with E-state index in [4.69, 9.17) is 32.7 Å². The number of carbonyl (C=O) groups excluding carboxylic acids is 1. The third kappa shape index (κ3) is 5.45. The van der Waals surface area contributed by atoms with Crippen LogP contribution in [0.15, 0.2) is 66.7 Å². The molecule has 0 aliphatic rings. The van der Waals surface area contributed by atoms with Gasteiger partial charge in [0.15, 0.2) is 17.3 Å². The van der Waals surface area contributed by atoms with Crippen molar-refractivity contribution in [2.24, 2.45) is 0 Å². The van der Waals surface area contributed by atoms with Crippen molar-refractivity contribution >= 4 is 34.7 Å². The number of hydrogen-bond donors (Lipinski definition) is 2. The molecule has 2 N–H and O–H groups in total. The van der Waals surface area contributed by atoms with E-state index in [1.54, 1.807) is 61.7 Å². The molecule has 3 aromatic carbocycles. The molecule has 0 heterocycles. The largest absolute Gasteiger partial charge is 0.493 e. The zero-order valence-electron chi connectivity index (χ0n) is 16.3. The molecule has 0 aliphatic heterocycles. The van der Waals surface area contributed by atoms with Crippen molar-refractivity contribution < 1.29 is 19.4 Å². The molecular formula is C23H21Cl2NO4. The second-order valence-electron chi connectivity index (χ2n) is 6.50. The first-order chi connectivity index (χ1) is 14.5. The Kier molecular flexibility index (Phi) is 7.57. The predicted octanol–water partition coefficient (Wildman–Crippen LogP) is 5.08.